The molecule has 2 aromatic carbocycles. The number of aromatic nitrogens is 4. The van der Waals surface area contributed by atoms with Crippen LogP contribution in [-0.4, -0.2) is 67.6 Å². The minimum absolute atomic E-state index is 0.443. The molecular weight excluding hydrogens is 492 g/mol. The van der Waals surface area contributed by atoms with Gasteiger partial charge in [0, 0.05) is 38.6 Å². The number of hydrogen-bond donors (Lipinski definition) is 0. The number of nitrogens with zero attached hydrogens (tertiary/aromatic N) is 6. The molecule has 5 rings (SSSR count). The Labute approximate surface area is 219 Å². The molecule has 0 amide bonds. The van der Waals surface area contributed by atoms with Gasteiger partial charge in [0.05, 0.1) is 38.3 Å². The van der Waals surface area contributed by atoms with Gasteiger partial charge in [-0.05, 0) is 24.3 Å². The zero-order valence-corrected chi connectivity index (χ0v) is 21.8. The first-order valence-electron chi connectivity index (χ1n) is 11.8. The standard InChI is InChI=1S/C26H28N6O4S/c1-33-20-9-5-4-8-19(20)31-13-15-32(16-14-31)25-26(28-12-11-27-25)37-17-22-29-24(30-36-22)18-7-6-10-21(34-2)23(18)35-3/h4-12H,13-17H2,1-3H3. The smallest absolute Gasteiger partial charge is 0.237 e. The number of benzene rings is 2. The lowest BCUT2D eigenvalue weighted by molar-refractivity contribution is 0.355. The lowest BCUT2D eigenvalue weighted by Crippen LogP contribution is -2.47. The molecular formula is C26H28N6O4S. The first-order valence-corrected chi connectivity index (χ1v) is 12.8. The summed E-state index contributed by atoms with van der Waals surface area (Å²) in [5.74, 6) is 4.31. The third-order valence-electron chi connectivity index (χ3n) is 6.10. The molecule has 1 fully saturated rings. The predicted octanol–water partition coefficient (Wildman–Crippen LogP) is 4.17. The average Bonchev–Trinajstić information content (AvgIpc) is 3.44. The topological polar surface area (TPSA) is 98.9 Å². The van der Waals surface area contributed by atoms with Gasteiger partial charge >= 0.3 is 0 Å². The van der Waals surface area contributed by atoms with Gasteiger partial charge in [0.2, 0.25) is 11.7 Å². The van der Waals surface area contributed by atoms with Gasteiger partial charge in [-0.1, -0.05) is 35.1 Å². The number of hydrogen-bond acceptors (Lipinski definition) is 11. The van der Waals surface area contributed by atoms with Crippen molar-refractivity contribution in [2.45, 2.75) is 10.8 Å². The Kier molecular flexibility index (Phi) is 7.59. The molecule has 10 nitrogen and oxygen atoms in total. The van der Waals surface area contributed by atoms with Crippen molar-refractivity contribution < 1.29 is 18.7 Å². The van der Waals surface area contributed by atoms with Crippen LogP contribution in [0.1, 0.15) is 5.89 Å². The maximum Gasteiger partial charge on any atom is 0.237 e. The molecule has 11 heteroatoms. The van der Waals surface area contributed by atoms with Crippen LogP contribution < -0.4 is 24.0 Å². The van der Waals surface area contributed by atoms with E-state index in [2.05, 4.69) is 36.0 Å². The van der Waals surface area contributed by atoms with Crippen LogP contribution >= 0.6 is 11.8 Å². The van der Waals surface area contributed by atoms with E-state index in [1.165, 1.54) is 11.8 Å². The number of para-hydroxylation sites is 3. The van der Waals surface area contributed by atoms with Gasteiger partial charge in [-0.2, -0.15) is 4.98 Å². The van der Waals surface area contributed by atoms with Crippen molar-refractivity contribution >= 4 is 23.3 Å². The fraction of sp³-hybridized carbons (Fsp3) is 0.308. The maximum atomic E-state index is 5.54. The van der Waals surface area contributed by atoms with E-state index in [0.717, 1.165) is 48.5 Å². The lowest BCUT2D eigenvalue weighted by Gasteiger charge is -2.37. The maximum absolute atomic E-state index is 5.54. The van der Waals surface area contributed by atoms with Gasteiger partial charge in [-0.15, -0.1) is 0 Å². The Bertz CT molecular complexity index is 1340. The van der Waals surface area contributed by atoms with Crippen LogP contribution in [0.15, 0.2) is 64.4 Å². The SMILES string of the molecule is COc1ccccc1N1CCN(c2nccnc2SCc2nc(-c3cccc(OC)c3OC)no2)CC1. The van der Waals surface area contributed by atoms with Crippen molar-refractivity contribution in [1.29, 1.82) is 0 Å². The first-order chi connectivity index (χ1) is 18.2. The van der Waals surface area contributed by atoms with Crippen molar-refractivity contribution in [2.75, 3.05) is 57.3 Å². The van der Waals surface area contributed by atoms with Gasteiger partial charge in [-0.25, -0.2) is 9.97 Å². The summed E-state index contributed by atoms with van der Waals surface area (Å²) in [4.78, 5) is 18.4. The van der Waals surface area contributed by atoms with Crippen LogP contribution in [0.4, 0.5) is 11.5 Å². The summed E-state index contributed by atoms with van der Waals surface area (Å²) in [5, 5.41) is 4.97. The van der Waals surface area contributed by atoms with Crippen molar-refractivity contribution in [1.82, 2.24) is 20.1 Å². The summed E-state index contributed by atoms with van der Waals surface area (Å²) < 4.78 is 22.0. The Morgan fingerprint density at radius 1 is 0.838 bits per heavy atom. The fourth-order valence-corrected chi connectivity index (χ4v) is 5.13. The Morgan fingerprint density at radius 2 is 1.57 bits per heavy atom. The largest absolute Gasteiger partial charge is 0.495 e. The second kappa shape index (κ2) is 11.4. The third kappa shape index (κ3) is 5.26. The number of methoxy groups -OCH3 is 3. The molecule has 2 aromatic heterocycles. The molecule has 37 heavy (non-hydrogen) atoms. The summed E-state index contributed by atoms with van der Waals surface area (Å²) in [6.45, 7) is 3.36. The second-order valence-corrected chi connectivity index (χ2v) is 9.14. The van der Waals surface area contributed by atoms with Gasteiger partial charge in [0.15, 0.2) is 17.3 Å². The van der Waals surface area contributed by atoms with E-state index in [9.17, 15) is 0 Å². The number of anilines is 2. The normalized spacial score (nSPS) is 13.5. The van der Waals surface area contributed by atoms with E-state index >= 15 is 0 Å². The van der Waals surface area contributed by atoms with E-state index in [4.69, 9.17) is 18.7 Å². The summed E-state index contributed by atoms with van der Waals surface area (Å²) in [7, 11) is 4.89. The molecule has 0 N–H and O–H groups in total. The molecule has 0 atom stereocenters. The molecule has 3 heterocycles. The van der Waals surface area contributed by atoms with Crippen molar-refractivity contribution in [3.8, 4) is 28.6 Å². The van der Waals surface area contributed by atoms with Crippen LogP contribution in [0.2, 0.25) is 0 Å². The molecule has 4 aromatic rings. The van der Waals surface area contributed by atoms with Crippen LogP contribution in [0.5, 0.6) is 17.2 Å². The number of ether oxygens (including phenoxy) is 3. The summed E-state index contributed by atoms with van der Waals surface area (Å²) >= 11 is 1.52. The molecule has 0 aliphatic carbocycles. The first kappa shape index (κ1) is 24.7. The van der Waals surface area contributed by atoms with Crippen LogP contribution in [0.25, 0.3) is 11.4 Å². The highest BCUT2D eigenvalue weighted by atomic mass is 32.2. The van der Waals surface area contributed by atoms with Gasteiger partial charge in [-0.3, -0.25) is 0 Å². The lowest BCUT2D eigenvalue weighted by atomic mass is 10.2. The molecule has 0 saturated carbocycles. The Morgan fingerprint density at radius 3 is 2.35 bits per heavy atom. The predicted molar refractivity (Wildman–Crippen MR) is 142 cm³/mol. The zero-order valence-electron chi connectivity index (χ0n) is 21.0. The number of piperazine rings is 1. The van der Waals surface area contributed by atoms with Crippen LogP contribution in [0.3, 0.4) is 0 Å². The van der Waals surface area contributed by atoms with Gasteiger partial charge < -0.3 is 28.5 Å². The molecule has 0 bridgehead atoms. The average molecular weight is 521 g/mol. The third-order valence-corrected chi connectivity index (χ3v) is 7.05. The molecule has 1 aliphatic rings. The second-order valence-electron chi connectivity index (χ2n) is 8.17. The summed E-state index contributed by atoms with van der Waals surface area (Å²) in [6, 6.07) is 13.7. The van der Waals surface area contributed by atoms with Crippen LogP contribution in [0, 0.1) is 0 Å². The summed E-state index contributed by atoms with van der Waals surface area (Å²) in [5.41, 5.74) is 1.81. The molecule has 0 spiro atoms. The molecule has 1 aliphatic heterocycles. The molecule has 0 unspecified atom stereocenters. The highest BCUT2D eigenvalue weighted by molar-refractivity contribution is 7.98. The van der Waals surface area contributed by atoms with Gasteiger partial charge in [0.1, 0.15) is 10.8 Å². The van der Waals surface area contributed by atoms with E-state index in [1.54, 1.807) is 33.7 Å². The van der Waals surface area contributed by atoms with Crippen molar-refractivity contribution in [3.05, 3.63) is 60.7 Å². The minimum atomic E-state index is 0.443. The highest BCUT2D eigenvalue weighted by Crippen LogP contribution is 2.37. The van der Waals surface area contributed by atoms with E-state index in [1.807, 2.05) is 36.4 Å². The van der Waals surface area contributed by atoms with E-state index in [0.29, 0.717) is 34.5 Å². The van der Waals surface area contributed by atoms with Gasteiger partial charge in [0.25, 0.3) is 0 Å². The number of rotatable bonds is 9. The monoisotopic (exact) mass is 520 g/mol. The van der Waals surface area contributed by atoms with Crippen molar-refractivity contribution in [2.24, 2.45) is 0 Å². The van der Waals surface area contributed by atoms with E-state index < -0.39 is 0 Å². The number of thioether (sulfide) groups is 1. The molecule has 192 valence electrons. The zero-order chi connectivity index (χ0) is 25.6. The molecule has 0 radical (unpaired) electrons. The Balaban J connectivity index is 1.26. The highest BCUT2D eigenvalue weighted by Gasteiger charge is 2.23. The summed E-state index contributed by atoms with van der Waals surface area (Å²) in [6.07, 6.45) is 3.43. The quantitative estimate of drug-likeness (QED) is 0.297. The Hall–Kier alpha value is -3.99. The van der Waals surface area contributed by atoms with Crippen molar-refractivity contribution in [3.63, 3.8) is 0 Å². The van der Waals surface area contributed by atoms with Crippen LogP contribution in [-0.2, 0) is 5.75 Å². The fourth-order valence-electron chi connectivity index (χ4n) is 4.30. The van der Waals surface area contributed by atoms with E-state index in [-0.39, 0.29) is 0 Å². The molecule has 1 saturated heterocycles. The minimum Gasteiger partial charge on any atom is -0.495 e.